The molecule has 0 aliphatic heterocycles. The van der Waals surface area contributed by atoms with Crippen LogP contribution in [0, 0.1) is 12.8 Å². The van der Waals surface area contributed by atoms with Crippen molar-refractivity contribution in [2.75, 3.05) is 5.32 Å². The summed E-state index contributed by atoms with van der Waals surface area (Å²) in [5, 5.41) is 12.5. The lowest BCUT2D eigenvalue weighted by atomic mass is 10.0. The van der Waals surface area contributed by atoms with E-state index in [4.69, 9.17) is 0 Å². The molecule has 1 saturated carbocycles. The van der Waals surface area contributed by atoms with Gasteiger partial charge in [-0.25, -0.2) is 9.37 Å². The first-order chi connectivity index (χ1) is 11.5. The van der Waals surface area contributed by atoms with Crippen LogP contribution in [-0.2, 0) is 4.79 Å². The van der Waals surface area contributed by atoms with Crippen LogP contribution >= 0.6 is 0 Å². The Labute approximate surface area is 137 Å². The van der Waals surface area contributed by atoms with Gasteiger partial charge >= 0.3 is 0 Å². The first-order valence-corrected chi connectivity index (χ1v) is 7.75. The van der Waals surface area contributed by atoms with Crippen LogP contribution in [0.2, 0.25) is 0 Å². The number of imidazole rings is 1. The van der Waals surface area contributed by atoms with E-state index in [1.54, 1.807) is 22.7 Å². The lowest BCUT2D eigenvalue weighted by Gasteiger charge is -2.08. The van der Waals surface area contributed by atoms with Crippen LogP contribution in [-0.4, -0.2) is 26.6 Å². The number of rotatable bonds is 3. The predicted octanol–water partition coefficient (Wildman–Crippen LogP) is 3.31. The van der Waals surface area contributed by atoms with Crippen LogP contribution in [0.1, 0.15) is 12.0 Å². The van der Waals surface area contributed by atoms with Crippen molar-refractivity contribution in [3.8, 4) is 16.9 Å². The molecular formula is C18H16FN3O2. The number of halogens is 1. The molecule has 6 heteroatoms. The molecule has 1 fully saturated rings. The highest BCUT2D eigenvalue weighted by atomic mass is 19.1. The smallest absolute Gasteiger partial charge is 0.231 e. The van der Waals surface area contributed by atoms with Gasteiger partial charge in [-0.2, -0.15) is 0 Å². The lowest BCUT2D eigenvalue weighted by Crippen LogP contribution is -2.15. The van der Waals surface area contributed by atoms with Crippen molar-refractivity contribution in [2.24, 2.45) is 5.92 Å². The Hall–Kier alpha value is -2.89. The van der Waals surface area contributed by atoms with Crippen molar-refractivity contribution in [3.63, 3.8) is 0 Å². The van der Waals surface area contributed by atoms with Gasteiger partial charge in [-0.05, 0) is 48.2 Å². The zero-order valence-electron chi connectivity index (χ0n) is 13.0. The number of hydrogen-bond donors (Lipinski definition) is 2. The normalized spacial score (nSPS) is 19.4. The number of phenols is 1. The Morgan fingerprint density at radius 2 is 2.12 bits per heavy atom. The fraction of sp³-hybridized carbons (Fsp3) is 0.222. The summed E-state index contributed by atoms with van der Waals surface area (Å²) in [5.74, 6) is -0.212. The van der Waals surface area contributed by atoms with E-state index in [9.17, 15) is 14.3 Å². The standard InChI is InChI=1S/C18H16FN3O2/c1-10-12(3-2-4-15(10)23)11-5-6-17-20-16(9-22(17)8-11)21-18(24)13-7-14(13)19/h2-6,8-9,13-14,23H,7H2,1H3,(H,21,24). The van der Waals surface area contributed by atoms with E-state index in [0.717, 1.165) is 16.7 Å². The van der Waals surface area contributed by atoms with Gasteiger partial charge < -0.3 is 14.8 Å². The van der Waals surface area contributed by atoms with Crippen molar-refractivity contribution in [2.45, 2.75) is 19.5 Å². The average molecular weight is 325 g/mol. The fourth-order valence-electron chi connectivity index (χ4n) is 2.80. The summed E-state index contributed by atoms with van der Waals surface area (Å²) >= 11 is 0. The summed E-state index contributed by atoms with van der Waals surface area (Å²) in [5.41, 5.74) is 3.33. The van der Waals surface area contributed by atoms with E-state index in [0.29, 0.717) is 17.9 Å². The fourth-order valence-corrected chi connectivity index (χ4v) is 2.80. The topological polar surface area (TPSA) is 66.6 Å². The van der Waals surface area contributed by atoms with Crippen molar-refractivity contribution in [1.29, 1.82) is 0 Å². The number of phenolic OH excluding ortho intramolecular Hbond substituents is 1. The third-order valence-corrected chi connectivity index (χ3v) is 4.37. The molecule has 0 saturated heterocycles. The zero-order valence-corrected chi connectivity index (χ0v) is 13.0. The molecule has 24 heavy (non-hydrogen) atoms. The third-order valence-electron chi connectivity index (χ3n) is 4.37. The Kier molecular flexibility index (Phi) is 3.26. The highest BCUT2D eigenvalue weighted by molar-refractivity contribution is 5.94. The number of aromatic hydroxyl groups is 1. The molecular weight excluding hydrogens is 309 g/mol. The molecule has 0 bridgehead atoms. The van der Waals surface area contributed by atoms with Crippen LogP contribution in [0.4, 0.5) is 10.2 Å². The summed E-state index contributed by atoms with van der Waals surface area (Å²) in [6.07, 6.45) is 2.85. The molecule has 1 aromatic carbocycles. The van der Waals surface area contributed by atoms with Gasteiger partial charge in [0.05, 0.1) is 12.1 Å². The number of anilines is 1. The quantitative estimate of drug-likeness (QED) is 0.776. The maximum atomic E-state index is 12.9. The number of nitrogens with zero attached hydrogens (tertiary/aromatic N) is 2. The Morgan fingerprint density at radius 3 is 2.88 bits per heavy atom. The van der Waals surface area contributed by atoms with Gasteiger partial charge in [-0.1, -0.05) is 12.1 Å². The number of carbonyl (C=O) groups excluding carboxylic acids is 1. The van der Waals surface area contributed by atoms with Gasteiger partial charge in [0.2, 0.25) is 5.91 Å². The maximum Gasteiger partial charge on any atom is 0.231 e. The molecule has 2 unspecified atom stereocenters. The summed E-state index contributed by atoms with van der Waals surface area (Å²) in [7, 11) is 0. The molecule has 1 aliphatic carbocycles. The second-order valence-electron chi connectivity index (χ2n) is 6.11. The molecule has 2 heterocycles. The van der Waals surface area contributed by atoms with E-state index in [1.165, 1.54) is 0 Å². The Balaban J connectivity index is 1.66. The van der Waals surface area contributed by atoms with Gasteiger partial charge in [0.15, 0.2) is 5.82 Å². The highest BCUT2D eigenvalue weighted by Gasteiger charge is 2.43. The number of benzene rings is 1. The minimum Gasteiger partial charge on any atom is -0.508 e. The Morgan fingerprint density at radius 1 is 1.33 bits per heavy atom. The van der Waals surface area contributed by atoms with Gasteiger partial charge in [0, 0.05) is 6.20 Å². The second kappa shape index (κ2) is 5.33. The molecule has 1 amide bonds. The van der Waals surface area contributed by atoms with Crippen molar-refractivity contribution in [1.82, 2.24) is 9.38 Å². The number of hydrogen-bond acceptors (Lipinski definition) is 3. The van der Waals surface area contributed by atoms with E-state index in [-0.39, 0.29) is 11.7 Å². The molecule has 2 atom stereocenters. The monoisotopic (exact) mass is 325 g/mol. The summed E-state index contributed by atoms with van der Waals surface area (Å²) in [6, 6.07) is 9.13. The van der Waals surface area contributed by atoms with E-state index in [1.807, 2.05) is 31.3 Å². The molecule has 3 aromatic rings. The van der Waals surface area contributed by atoms with E-state index in [2.05, 4.69) is 10.3 Å². The van der Waals surface area contributed by atoms with E-state index < -0.39 is 12.1 Å². The number of nitrogens with one attached hydrogen (secondary N) is 1. The number of carbonyl (C=O) groups is 1. The van der Waals surface area contributed by atoms with Crippen LogP contribution in [0.5, 0.6) is 5.75 Å². The second-order valence-corrected chi connectivity index (χ2v) is 6.11. The number of alkyl halides is 1. The summed E-state index contributed by atoms with van der Waals surface area (Å²) < 4.78 is 14.7. The number of fused-ring (bicyclic) bond motifs is 1. The largest absolute Gasteiger partial charge is 0.508 e. The first kappa shape index (κ1) is 14.7. The van der Waals surface area contributed by atoms with Gasteiger partial charge in [-0.15, -0.1) is 0 Å². The summed E-state index contributed by atoms with van der Waals surface area (Å²) in [6.45, 7) is 1.86. The number of amides is 1. The first-order valence-electron chi connectivity index (χ1n) is 7.75. The molecule has 0 radical (unpaired) electrons. The van der Waals surface area contributed by atoms with Crippen LogP contribution in [0.3, 0.4) is 0 Å². The highest BCUT2D eigenvalue weighted by Crippen LogP contribution is 2.34. The molecule has 122 valence electrons. The molecule has 1 aliphatic rings. The molecule has 2 N–H and O–H groups in total. The van der Waals surface area contributed by atoms with Crippen LogP contribution < -0.4 is 5.32 Å². The van der Waals surface area contributed by atoms with Gasteiger partial charge in [0.1, 0.15) is 17.6 Å². The van der Waals surface area contributed by atoms with Gasteiger partial charge in [-0.3, -0.25) is 4.79 Å². The lowest BCUT2D eigenvalue weighted by molar-refractivity contribution is -0.117. The Bertz CT molecular complexity index is 951. The summed E-state index contributed by atoms with van der Waals surface area (Å²) in [4.78, 5) is 16.1. The van der Waals surface area contributed by atoms with E-state index >= 15 is 0 Å². The SMILES string of the molecule is Cc1c(O)cccc1-c1ccc2nc(NC(=O)C3CC3F)cn2c1. The van der Waals surface area contributed by atoms with Crippen LogP contribution in [0.25, 0.3) is 16.8 Å². The predicted molar refractivity (Wildman–Crippen MR) is 88.7 cm³/mol. The van der Waals surface area contributed by atoms with Crippen molar-refractivity contribution in [3.05, 3.63) is 48.3 Å². The average Bonchev–Trinajstić information content (AvgIpc) is 3.15. The van der Waals surface area contributed by atoms with Crippen molar-refractivity contribution >= 4 is 17.4 Å². The minimum absolute atomic E-state index is 0.247. The maximum absolute atomic E-state index is 12.9. The minimum atomic E-state index is -1.03. The molecule has 4 rings (SSSR count). The van der Waals surface area contributed by atoms with Gasteiger partial charge in [0.25, 0.3) is 0 Å². The third kappa shape index (κ3) is 2.50. The molecule has 0 spiro atoms. The van der Waals surface area contributed by atoms with Crippen molar-refractivity contribution < 1.29 is 14.3 Å². The zero-order chi connectivity index (χ0) is 16.8. The van der Waals surface area contributed by atoms with Crippen LogP contribution in [0.15, 0.2) is 42.7 Å². The number of aromatic nitrogens is 2. The molecule has 2 aromatic heterocycles. The number of pyridine rings is 1. The molecule has 5 nitrogen and oxygen atoms in total.